The summed E-state index contributed by atoms with van der Waals surface area (Å²) in [5, 5.41) is 4.24. The second-order valence-electron chi connectivity index (χ2n) is 8.52. The van der Waals surface area contributed by atoms with Gasteiger partial charge in [0, 0.05) is 43.7 Å². The number of piperidine rings is 1. The van der Waals surface area contributed by atoms with Crippen LogP contribution in [0, 0.1) is 12.8 Å². The lowest BCUT2D eigenvalue weighted by atomic mass is 9.99. The van der Waals surface area contributed by atoms with Gasteiger partial charge >= 0.3 is 0 Å². The predicted molar refractivity (Wildman–Crippen MR) is 127 cm³/mol. The summed E-state index contributed by atoms with van der Waals surface area (Å²) >= 11 is 0. The zero-order valence-corrected chi connectivity index (χ0v) is 19.1. The minimum Gasteiger partial charge on any atom is -0.459 e. The fourth-order valence-electron chi connectivity index (χ4n) is 4.50. The minimum absolute atomic E-state index is 0.680. The lowest BCUT2D eigenvalue weighted by Crippen LogP contribution is -2.35. The van der Waals surface area contributed by atoms with Crippen LogP contribution < -0.4 is 0 Å². The molecule has 1 aliphatic heterocycles. The Labute approximate surface area is 184 Å². The highest BCUT2D eigenvalue weighted by Gasteiger charge is 2.21. The molecule has 0 N–H and O–H groups in total. The van der Waals surface area contributed by atoms with Gasteiger partial charge in [-0.15, -0.1) is 0 Å². The Kier molecular flexibility index (Phi) is 5.81. The van der Waals surface area contributed by atoms with E-state index in [0.29, 0.717) is 11.6 Å². The summed E-state index contributed by atoms with van der Waals surface area (Å²) in [6.07, 6.45) is 10.3. The van der Waals surface area contributed by atoms with Crippen LogP contribution in [0.2, 0.25) is 0 Å². The molecule has 0 radical (unpaired) electrons. The standard InChI is InChI=1S/C25H31N5O/c1-7-22(30-10-8-9-16(2)14-30)17(3)28-18(4)24-19(5)31-23-11-20(12-26-25(23)24)21-13-27-29(6)15-21/h7,11-13,15-16H,4,8-10,14H2,1-3,5-6H3/b22-7+,28-17?. The van der Waals surface area contributed by atoms with E-state index in [1.807, 2.05) is 38.6 Å². The zero-order chi connectivity index (χ0) is 22.1. The summed E-state index contributed by atoms with van der Waals surface area (Å²) in [6, 6.07) is 2.01. The van der Waals surface area contributed by atoms with Crippen molar-refractivity contribution in [2.45, 2.75) is 40.5 Å². The van der Waals surface area contributed by atoms with Crippen molar-refractivity contribution in [3.05, 3.63) is 54.3 Å². The monoisotopic (exact) mass is 417 g/mol. The molecule has 4 rings (SSSR count). The van der Waals surface area contributed by atoms with Crippen molar-refractivity contribution in [2.24, 2.45) is 18.0 Å². The second-order valence-corrected chi connectivity index (χ2v) is 8.52. The van der Waals surface area contributed by atoms with Gasteiger partial charge in [-0.2, -0.15) is 5.10 Å². The number of aryl methyl sites for hydroxylation is 2. The number of aliphatic imine (C=N–C) groups is 1. The maximum absolute atomic E-state index is 6.04. The summed E-state index contributed by atoms with van der Waals surface area (Å²) in [6.45, 7) is 14.8. The van der Waals surface area contributed by atoms with Gasteiger partial charge < -0.3 is 9.32 Å². The van der Waals surface area contributed by atoms with E-state index in [1.165, 1.54) is 18.5 Å². The van der Waals surface area contributed by atoms with Gasteiger partial charge in [0.05, 0.1) is 28.9 Å². The van der Waals surface area contributed by atoms with Crippen molar-refractivity contribution >= 4 is 22.5 Å². The number of allylic oxidation sites excluding steroid dienone is 2. The number of aromatic nitrogens is 3. The summed E-state index contributed by atoms with van der Waals surface area (Å²) in [5.74, 6) is 1.49. The first-order valence-corrected chi connectivity index (χ1v) is 10.9. The molecule has 1 aliphatic rings. The van der Waals surface area contributed by atoms with Crippen LogP contribution in [0.1, 0.15) is 44.9 Å². The number of likely N-dealkylation sites (tertiary alicyclic amines) is 1. The van der Waals surface area contributed by atoms with Crippen LogP contribution in [0.3, 0.4) is 0 Å². The van der Waals surface area contributed by atoms with E-state index >= 15 is 0 Å². The van der Waals surface area contributed by atoms with Crippen molar-refractivity contribution in [1.82, 2.24) is 19.7 Å². The van der Waals surface area contributed by atoms with Gasteiger partial charge in [0.15, 0.2) is 5.58 Å². The molecule has 3 aromatic rings. The Hall–Kier alpha value is -3.15. The van der Waals surface area contributed by atoms with Crippen molar-refractivity contribution < 1.29 is 4.42 Å². The number of furan rings is 1. The number of hydrogen-bond acceptors (Lipinski definition) is 5. The fraction of sp³-hybridized carbons (Fsp3) is 0.400. The van der Waals surface area contributed by atoms with Crippen LogP contribution >= 0.6 is 0 Å². The Morgan fingerprint density at radius 3 is 2.81 bits per heavy atom. The largest absolute Gasteiger partial charge is 0.459 e. The first kappa shape index (κ1) is 21.1. The van der Waals surface area contributed by atoms with Gasteiger partial charge in [0.25, 0.3) is 0 Å². The minimum atomic E-state index is 0.680. The van der Waals surface area contributed by atoms with Crippen LogP contribution in [0.25, 0.3) is 27.9 Å². The topological polar surface area (TPSA) is 59.5 Å². The summed E-state index contributed by atoms with van der Waals surface area (Å²) in [5.41, 5.74) is 7.22. The maximum atomic E-state index is 6.04. The quantitative estimate of drug-likeness (QED) is 0.507. The van der Waals surface area contributed by atoms with Crippen LogP contribution in [0.5, 0.6) is 0 Å². The molecule has 6 nitrogen and oxygen atoms in total. The molecule has 1 atom stereocenters. The molecular weight excluding hydrogens is 386 g/mol. The molecular formula is C25H31N5O. The molecule has 0 spiro atoms. The molecule has 3 aromatic heterocycles. The Morgan fingerprint density at radius 2 is 2.13 bits per heavy atom. The molecule has 0 aromatic carbocycles. The fourth-order valence-corrected chi connectivity index (χ4v) is 4.50. The van der Waals surface area contributed by atoms with Gasteiger partial charge in [-0.1, -0.05) is 19.6 Å². The normalized spacial score (nSPS) is 18.1. The number of rotatable bonds is 5. The Morgan fingerprint density at radius 1 is 1.32 bits per heavy atom. The van der Waals surface area contributed by atoms with E-state index in [-0.39, 0.29) is 0 Å². The van der Waals surface area contributed by atoms with Gasteiger partial charge in [0.2, 0.25) is 0 Å². The number of nitrogens with zero attached hydrogens (tertiary/aromatic N) is 5. The third kappa shape index (κ3) is 4.20. The van der Waals surface area contributed by atoms with E-state index in [9.17, 15) is 0 Å². The Balaban J connectivity index is 1.64. The van der Waals surface area contributed by atoms with Gasteiger partial charge in [-0.25, -0.2) is 0 Å². The molecule has 1 fully saturated rings. The number of hydrogen-bond donors (Lipinski definition) is 0. The molecule has 4 heterocycles. The highest BCUT2D eigenvalue weighted by molar-refractivity contribution is 6.02. The van der Waals surface area contributed by atoms with Crippen LogP contribution in [-0.2, 0) is 7.05 Å². The average molecular weight is 418 g/mol. The van der Waals surface area contributed by atoms with E-state index in [1.54, 1.807) is 4.68 Å². The molecule has 31 heavy (non-hydrogen) atoms. The second kappa shape index (κ2) is 8.53. The van der Waals surface area contributed by atoms with E-state index in [2.05, 4.69) is 43.4 Å². The first-order chi connectivity index (χ1) is 14.9. The van der Waals surface area contributed by atoms with Crippen molar-refractivity contribution in [2.75, 3.05) is 13.1 Å². The first-order valence-electron chi connectivity index (χ1n) is 10.9. The van der Waals surface area contributed by atoms with Gasteiger partial charge in [-0.05, 0) is 45.6 Å². The third-order valence-corrected chi connectivity index (χ3v) is 5.98. The highest BCUT2D eigenvalue weighted by Crippen LogP contribution is 2.33. The van der Waals surface area contributed by atoms with Crippen LogP contribution in [-0.4, -0.2) is 38.5 Å². The summed E-state index contributed by atoms with van der Waals surface area (Å²) in [4.78, 5) is 12.0. The molecule has 6 heteroatoms. The molecule has 162 valence electrons. The van der Waals surface area contributed by atoms with Crippen molar-refractivity contribution in [3.8, 4) is 11.1 Å². The van der Waals surface area contributed by atoms with Crippen LogP contribution in [0.15, 0.2) is 52.4 Å². The molecule has 0 saturated carbocycles. The Bertz CT molecular complexity index is 1180. The van der Waals surface area contributed by atoms with E-state index < -0.39 is 0 Å². The summed E-state index contributed by atoms with van der Waals surface area (Å²) in [7, 11) is 1.90. The lowest BCUT2D eigenvalue weighted by Gasteiger charge is -2.34. The smallest absolute Gasteiger partial charge is 0.154 e. The highest BCUT2D eigenvalue weighted by atomic mass is 16.3. The molecule has 1 saturated heterocycles. The number of pyridine rings is 1. The van der Waals surface area contributed by atoms with Crippen molar-refractivity contribution in [3.63, 3.8) is 0 Å². The van der Waals surface area contributed by atoms with Crippen molar-refractivity contribution in [1.29, 1.82) is 0 Å². The average Bonchev–Trinajstić information content (AvgIpc) is 3.30. The van der Waals surface area contributed by atoms with Crippen LogP contribution in [0.4, 0.5) is 0 Å². The third-order valence-electron chi connectivity index (χ3n) is 5.98. The van der Waals surface area contributed by atoms with E-state index in [4.69, 9.17) is 14.4 Å². The zero-order valence-electron chi connectivity index (χ0n) is 19.1. The van der Waals surface area contributed by atoms with Gasteiger partial charge in [0.1, 0.15) is 11.3 Å². The SMILES string of the molecule is C=C(N=C(C)/C(=C\C)N1CCCC(C)C1)c1c(C)oc2cc(-c3cnn(C)c3)cnc12. The maximum Gasteiger partial charge on any atom is 0.154 e. The molecule has 0 bridgehead atoms. The molecule has 1 unspecified atom stereocenters. The number of fused-ring (bicyclic) bond motifs is 1. The predicted octanol–water partition coefficient (Wildman–Crippen LogP) is 5.60. The lowest BCUT2D eigenvalue weighted by molar-refractivity contribution is 0.238. The van der Waals surface area contributed by atoms with Gasteiger partial charge in [-0.3, -0.25) is 14.7 Å². The molecule has 0 aliphatic carbocycles. The molecule has 0 amide bonds. The van der Waals surface area contributed by atoms with E-state index in [0.717, 1.165) is 52.4 Å². The summed E-state index contributed by atoms with van der Waals surface area (Å²) < 4.78 is 7.82.